The molecule has 0 aliphatic rings. The molecule has 8 heteroatoms. The van der Waals surface area contributed by atoms with Gasteiger partial charge in [-0.3, -0.25) is 29.9 Å². The Morgan fingerprint density at radius 2 is 0.320 bits per heavy atom. The van der Waals surface area contributed by atoms with E-state index in [1.807, 2.05) is 54.7 Å². The van der Waals surface area contributed by atoms with Crippen LogP contribution in [0.25, 0.3) is 0 Å². The number of hydrogen-bond donors (Lipinski definition) is 0. The average Bonchev–Trinajstić information content (AvgIpc) is 3.37. The van der Waals surface area contributed by atoms with Crippen LogP contribution in [0.4, 0.5) is 0 Å². The Hall–Kier alpha value is -6.02. The van der Waals surface area contributed by atoms with Crippen molar-refractivity contribution in [3.05, 3.63) is 191 Å². The number of rotatable bonds is 0. The second kappa shape index (κ2) is 29.3. The van der Waals surface area contributed by atoms with Gasteiger partial charge in [0, 0.05) is 46.1 Å². The zero-order valence-electron chi connectivity index (χ0n) is 53.7. The van der Waals surface area contributed by atoms with Gasteiger partial charge in [-0.1, -0.05) is 0 Å². The van der Waals surface area contributed by atoms with Crippen LogP contribution in [0.3, 0.4) is 0 Å². The third kappa shape index (κ3) is 18.1. The minimum atomic E-state index is 1.03. The van der Waals surface area contributed by atoms with E-state index in [0.717, 1.165) is 74.0 Å². The molecule has 0 atom stereocenters. The Bertz CT molecular complexity index is 2630. The summed E-state index contributed by atoms with van der Waals surface area (Å²) in [6.07, 6.45) is 1.93. The molecule has 6 heterocycles. The summed E-state index contributed by atoms with van der Waals surface area (Å²) in [6, 6.07) is 0. The third-order valence-electron chi connectivity index (χ3n) is 16.9. The first kappa shape index (κ1) is 67.0. The summed E-state index contributed by atoms with van der Waals surface area (Å²) in [5, 5.41) is 7.98. The van der Waals surface area contributed by atoms with Gasteiger partial charge in [0.2, 0.25) is 0 Å². The summed E-state index contributed by atoms with van der Waals surface area (Å²) in [4.78, 5) is 26.2. The van der Waals surface area contributed by atoms with Crippen LogP contribution in [0.15, 0.2) is 6.20 Å². The van der Waals surface area contributed by atoms with Gasteiger partial charge in [0.05, 0.1) is 34.2 Å². The smallest absolute Gasteiger partial charge is 0.0632 e. The fraction of sp³-hybridized carbons (Fsp3) is 0.493. The number of aromatic nitrogens is 8. The highest BCUT2D eigenvalue weighted by Gasteiger charge is 2.09. The minimum absolute atomic E-state index is 1.03. The second-order valence-corrected chi connectivity index (χ2v) is 21.2. The lowest BCUT2D eigenvalue weighted by molar-refractivity contribution is 0.905. The van der Waals surface area contributed by atoms with Gasteiger partial charge in [-0.25, -0.2) is 0 Å². The first-order valence-electron chi connectivity index (χ1n) is 26.7. The van der Waals surface area contributed by atoms with Crippen LogP contribution in [0.2, 0.25) is 0 Å². The van der Waals surface area contributed by atoms with E-state index in [-0.39, 0.29) is 0 Å². The molecule has 0 unspecified atom stereocenters. The lowest BCUT2D eigenvalue weighted by Gasteiger charge is -2.15. The Balaban J connectivity index is 0.000000438. The van der Waals surface area contributed by atoms with Gasteiger partial charge in [-0.15, -0.1) is 0 Å². The molecular weight excluding hydrogens is 917 g/mol. The maximum atomic E-state index is 4.43. The van der Waals surface area contributed by atoms with Crippen molar-refractivity contribution in [1.82, 2.24) is 40.1 Å². The van der Waals surface area contributed by atoms with Gasteiger partial charge < -0.3 is 0 Å². The number of hydrogen-bond acceptors (Lipinski definition) is 8. The Kier molecular flexibility index (Phi) is 26.2. The maximum absolute atomic E-state index is 4.43. The van der Waals surface area contributed by atoms with E-state index >= 15 is 0 Å². The Morgan fingerprint density at radius 1 is 0.160 bits per heavy atom. The minimum Gasteiger partial charge on any atom is -0.261 e. The van der Waals surface area contributed by atoms with E-state index in [1.165, 1.54) is 111 Å². The molecule has 408 valence electrons. The Morgan fingerprint density at radius 3 is 0.520 bits per heavy atom. The highest BCUT2D eigenvalue weighted by atomic mass is 15.1. The summed E-state index contributed by atoms with van der Waals surface area (Å²) in [5.74, 6) is 0. The fourth-order valence-electron chi connectivity index (χ4n) is 8.04. The lowest BCUT2D eigenvalue weighted by atomic mass is 9.90. The van der Waals surface area contributed by atoms with Crippen LogP contribution in [0.5, 0.6) is 0 Å². The SMILES string of the molecule is Cc1c(C)c(C)c(C)c(C)c1C.Cc1cnc(C)c(C)c1C.Cc1nc(C)c(C)c(C)c1C.Cc1nc(C)c(C)c(C)c1C.Cc1nc(C)c(C)c(C)c1C.Cc1nc(C)c(C)nc1C.Cc1nnc(C)c(C)c1C. The largest absolute Gasteiger partial charge is 0.261 e. The predicted molar refractivity (Wildman–Crippen MR) is 324 cm³/mol. The van der Waals surface area contributed by atoms with E-state index in [0.29, 0.717) is 0 Å². The molecule has 1 aromatic carbocycles. The third-order valence-corrected chi connectivity index (χ3v) is 16.9. The van der Waals surface area contributed by atoms with Crippen molar-refractivity contribution in [3.8, 4) is 0 Å². The molecule has 0 radical (unpaired) electrons. The average molecular weight is 1020 g/mol. The summed E-state index contributed by atoms with van der Waals surface area (Å²) in [6.45, 7) is 69.3. The molecule has 0 saturated carbocycles. The summed E-state index contributed by atoms with van der Waals surface area (Å²) in [5.41, 5.74) is 41.6. The van der Waals surface area contributed by atoms with Gasteiger partial charge >= 0.3 is 0 Å². The quantitative estimate of drug-likeness (QED) is 0.148. The molecule has 75 heavy (non-hydrogen) atoms. The summed E-state index contributed by atoms with van der Waals surface area (Å²) < 4.78 is 0. The fourth-order valence-corrected chi connectivity index (χ4v) is 8.04. The van der Waals surface area contributed by atoms with Crippen LogP contribution in [-0.2, 0) is 0 Å². The van der Waals surface area contributed by atoms with Crippen LogP contribution < -0.4 is 0 Å². The number of aryl methyl sites for hydroxylation is 14. The molecule has 0 N–H and O–H groups in total. The van der Waals surface area contributed by atoms with Crippen LogP contribution in [-0.4, -0.2) is 40.1 Å². The van der Waals surface area contributed by atoms with Crippen molar-refractivity contribution in [1.29, 1.82) is 0 Å². The first-order chi connectivity index (χ1) is 34.4. The highest BCUT2D eigenvalue weighted by molar-refractivity contribution is 5.48. The normalized spacial score (nSPS) is 10.2. The van der Waals surface area contributed by atoms with E-state index in [9.17, 15) is 0 Å². The van der Waals surface area contributed by atoms with Crippen molar-refractivity contribution in [2.24, 2.45) is 0 Å². The summed E-state index contributed by atoms with van der Waals surface area (Å²) in [7, 11) is 0. The standard InChI is InChI=1S/C12H18.3C10H15N.C9H13N.2C8H12N2/c1-7-8(2)10(4)12(6)11(5)9(7)3;3*1-6-7(2)9(4)11-10(5)8(6)3;1-6-5-10-9(4)8(3)7(6)2;1-5-6(2)10-8(4)7(3)9-5;1-5-6(2)8(4)10-9-7(5)3/h1-6H3;3*1-5H3;5H,1-4H3;2*1-4H3. The molecule has 0 amide bonds. The van der Waals surface area contributed by atoms with Crippen molar-refractivity contribution in [3.63, 3.8) is 0 Å². The molecule has 0 aliphatic carbocycles. The molecule has 0 aliphatic heterocycles. The van der Waals surface area contributed by atoms with Crippen molar-refractivity contribution in [2.75, 3.05) is 0 Å². The van der Waals surface area contributed by atoms with Crippen LogP contribution in [0.1, 0.15) is 185 Å². The monoisotopic (exact) mass is 1020 g/mol. The molecule has 0 fully saturated rings. The van der Waals surface area contributed by atoms with Crippen molar-refractivity contribution < 1.29 is 0 Å². The summed E-state index contributed by atoms with van der Waals surface area (Å²) >= 11 is 0. The molecule has 0 spiro atoms. The lowest BCUT2D eigenvalue weighted by Crippen LogP contribution is -1.98. The van der Waals surface area contributed by atoms with E-state index in [4.69, 9.17) is 0 Å². The zero-order chi connectivity index (χ0) is 58.4. The molecule has 0 bridgehead atoms. The molecule has 8 nitrogen and oxygen atoms in total. The van der Waals surface area contributed by atoms with Crippen molar-refractivity contribution in [2.45, 2.75) is 228 Å². The number of nitrogens with zero attached hydrogens (tertiary/aromatic N) is 8. The van der Waals surface area contributed by atoms with Crippen molar-refractivity contribution >= 4 is 0 Å². The maximum Gasteiger partial charge on any atom is 0.0632 e. The van der Waals surface area contributed by atoms with Gasteiger partial charge in [-0.05, 0) is 340 Å². The molecule has 7 rings (SSSR count). The second-order valence-electron chi connectivity index (χ2n) is 21.2. The zero-order valence-corrected chi connectivity index (χ0v) is 53.7. The van der Waals surface area contributed by atoms with E-state index in [1.54, 1.807) is 0 Å². The number of benzene rings is 1. The van der Waals surface area contributed by atoms with Gasteiger partial charge in [-0.2, -0.15) is 10.2 Å². The van der Waals surface area contributed by atoms with E-state index in [2.05, 4.69) is 220 Å². The van der Waals surface area contributed by atoms with Gasteiger partial charge in [0.1, 0.15) is 0 Å². The topological polar surface area (TPSA) is 103 Å². The van der Waals surface area contributed by atoms with Crippen LogP contribution in [0, 0.1) is 228 Å². The highest BCUT2D eigenvalue weighted by Crippen LogP contribution is 2.25. The van der Waals surface area contributed by atoms with Gasteiger partial charge in [0.15, 0.2) is 0 Å². The van der Waals surface area contributed by atoms with Crippen LogP contribution >= 0.6 is 0 Å². The van der Waals surface area contributed by atoms with E-state index < -0.39 is 0 Å². The molecule has 0 saturated heterocycles. The molecule has 7 aromatic rings. The predicted octanol–water partition coefficient (Wildman–Crippen LogP) is 17.1. The van der Waals surface area contributed by atoms with Gasteiger partial charge in [0.25, 0.3) is 0 Å². The molecular formula is C67H100N8. The Labute approximate surface area is 458 Å². The first-order valence-corrected chi connectivity index (χ1v) is 26.7. The molecule has 6 aromatic heterocycles. The number of pyridine rings is 4.